The van der Waals surface area contributed by atoms with Gasteiger partial charge in [-0.15, -0.1) is 0 Å². The van der Waals surface area contributed by atoms with Crippen LogP contribution in [0.15, 0.2) is 36.4 Å². The summed E-state index contributed by atoms with van der Waals surface area (Å²) in [5.74, 6) is 2.25. The fourth-order valence-electron chi connectivity index (χ4n) is 3.78. The molecule has 0 unspecified atom stereocenters. The van der Waals surface area contributed by atoms with Crippen LogP contribution in [0.4, 0.5) is 16.2 Å². The summed E-state index contributed by atoms with van der Waals surface area (Å²) in [6.45, 7) is 5.11. The van der Waals surface area contributed by atoms with Gasteiger partial charge in [-0.3, -0.25) is 10.2 Å². The lowest BCUT2D eigenvalue weighted by molar-refractivity contribution is 0.151. The molecule has 1 N–H and O–H groups in total. The molecule has 3 rings (SSSR count). The van der Waals surface area contributed by atoms with Gasteiger partial charge >= 0.3 is 6.09 Å². The van der Waals surface area contributed by atoms with Crippen LogP contribution in [0.25, 0.3) is 0 Å². The number of rotatable bonds is 10. The first-order chi connectivity index (χ1) is 16.1. The quantitative estimate of drug-likeness (QED) is 0.541. The standard InChI is InChI=1S/C24H33N3O6/c1-29-20-8-6-19(7-9-20)27-13-11-26(12-14-27)10-5-15-33-24(28)25-18-16-21(30-2)23(32-4)22(17-18)31-3/h6-9,16-17H,5,10-15H2,1-4H3,(H,25,28). The SMILES string of the molecule is COc1ccc(N2CCN(CCCOC(=O)Nc3cc(OC)c(OC)c(OC)c3)CC2)cc1. The van der Waals surface area contributed by atoms with Gasteiger partial charge < -0.3 is 28.6 Å². The van der Waals surface area contributed by atoms with Crippen LogP contribution in [0.3, 0.4) is 0 Å². The van der Waals surface area contributed by atoms with E-state index in [1.54, 1.807) is 19.2 Å². The van der Waals surface area contributed by atoms with Crippen molar-refractivity contribution in [1.82, 2.24) is 4.90 Å². The minimum Gasteiger partial charge on any atom is -0.497 e. The molecule has 1 fully saturated rings. The molecule has 1 saturated heterocycles. The summed E-state index contributed by atoms with van der Waals surface area (Å²) in [7, 11) is 6.25. The van der Waals surface area contributed by atoms with Crippen molar-refractivity contribution in [2.75, 3.05) is 78.0 Å². The number of amides is 1. The minimum atomic E-state index is -0.520. The molecule has 2 aromatic carbocycles. The van der Waals surface area contributed by atoms with Crippen molar-refractivity contribution in [3.8, 4) is 23.0 Å². The Morgan fingerprint density at radius 1 is 0.879 bits per heavy atom. The Labute approximate surface area is 195 Å². The summed E-state index contributed by atoms with van der Waals surface area (Å²) < 4.78 is 26.5. The molecule has 1 aliphatic rings. The van der Waals surface area contributed by atoms with Crippen molar-refractivity contribution in [2.45, 2.75) is 6.42 Å². The number of carbonyl (C=O) groups is 1. The van der Waals surface area contributed by atoms with Gasteiger partial charge in [0.2, 0.25) is 5.75 Å². The van der Waals surface area contributed by atoms with E-state index >= 15 is 0 Å². The molecule has 0 aliphatic carbocycles. The third-order valence-electron chi connectivity index (χ3n) is 5.57. The van der Waals surface area contributed by atoms with Gasteiger partial charge in [0.25, 0.3) is 0 Å². The number of hydrogen-bond donors (Lipinski definition) is 1. The normalized spacial score (nSPS) is 13.9. The fraction of sp³-hybridized carbons (Fsp3) is 0.458. The number of nitrogens with zero attached hydrogens (tertiary/aromatic N) is 2. The van der Waals surface area contributed by atoms with Gasteiger partial charge in [0, 0.05) is 50.5 Å². The third-order valence-corrected chi connectivity index (χ3v) is 5.57. The van der Waals surface area contributed by atoms with E-state index in [4.69, 9.17) is 23.7 Å². The van der Waals surface area contributed by atoms with E-state index in [-0.39, 0.29) is 0 Å². The summed E-state index contributed by atoms with van der Waals surface area (Å²) in [6.07, 6.45) is 0.249. The largest absolute Gasteiger partial charge is 0.497 e. The van der Waals surface area contributed by atoms with Crippen LogP contribution in [0.2, 0.25) is 0 Å². The molecule has 0 aromatic heterocycles. The van der Waals surface area contributed by atoms with Gasteiger partial charge in [-0.25, -0.2) is 4.79 Å². The van der Waals surface area contributed by atoms with E-state index in [1.807, 2.05) is 12.1 Å². The predicted octanol–water partition coefficient (Wildman–Crippen LogP) is 3.48. The third kappa shape index (κ3) is 6.58. The van der Waals surface area contributed by atoms with Gasteiger partial charge in [-0.2, -0.15) is 0 Å². The lowest BCUT2D eigenvalue weighted by Crippen LogP contribution is -2.46. The Bertz CT molecular complexity index is 873. The molecule has 180 valence electrons. The molecule has 0 saturated carbocycles. The highest BCUT2D eigenvalue weighted by molar-refractivity contribution is 5.86. The first kappa shape index (κ1) is 24.3. The highest BCUT2D eigenvalue weighted by Crippen LogP contribution is 2.39. The maximum absolute atomic E-state index is 12.2. The van der Waals surface area contributed by atoms with Crippen molar-refractivity contribution in [2.24, 2.45) is 0 Å². The molecule has 0 radical (unpaired) electrons. The van der Waals surface area contributed by atoms with Crippen molar-refractivity contribution < 1.29 is 28.5 Å². The van der Waals surface area contributed by atoms with Gasteiger partial charge in [0.15, 0.2) is 11.5 Å². The van der Waals surface area contributed by atoms with E-state index in [9.17, 15) is 4.79 Å². The summed E-state index contributed by atoms with van der Waals surface area (Å²) in [6, 6.07) is 11.5. The van der Waals surface area contributed by atoms with Crippen LogP contribution < -0.4 is 29.2 Å². The summed E-state index contributed by atoms with van der Waals surface area (Å²) in [5, 5.41) is 2.71. The number of benzene rings is 2. The Balaban J connectivity index is 1.38. The fourth-order valence-corrected chi connectivity index (χ4v) is 3.78. The molecule has 1 amide bonds. The van der Waals surface area contributed by atoms with Crippen LogP contribution in [0, 0.1) is 0 Å². The molecule has 9 heteroatoms. The molecular weight excluding hydrogens is 426 g/mol. The van der Waals surface area contributed by atoms with Crippen LogP contribution in [-0.2, 0) is 4.74 Å². The summed E-state index contributed by atoms with van der Waals surface area (Å²) in [5.41, 5.74) is 1.71. The predicted molar refractivity (Wildman–Crippen MR) is 127 cm³/mol. The molecule has 33 heavy (non-hydrogen) atoms. The monoisotopic (exact) mass is 459 g/mol. The number of piperazine rings is 1. The number of nitrogens with one attached hydrogen (secondary N) is 1. The van der Waals surface area contributed by atoms with Crippen LogP contribution in [-0.4, -0.2) is 78.8 Å². The Hall–Kier alpha value is -3.33. The number of methoxy groups -OCH3 is 4. The van der Waals surface area contributed by atoms with Crippen molar-refractivity contribution in [3.05, 3.63) is 36.4 Å². The lowest BCUT2D eigenvalue weighted by atomic mass is 10.2. The highest BCUT2D eigenvalue weighted by atomic mass is 16.5. The second-order valence-corrected chi connectivity index (χ2v) is 7.56. The molecular formula is C24H33N3O6. The molecule has 9 nitrogen and oxygen atoms in total. The number of carbonyl (C=O) groups excluding carboxylic acids is 1. The Kier molecular flexibility index (Phi) is 8.88. The summed E-state index contributed by atoms with van der Waals surface area (Å²) >= 11 is 0. The maximum atomic E-state index is 12.2. The van der Waals surface area contributed by atoms with E-state index < -0.39 is 6.09 Å². The number of ether oxygens (including phenoxy) is 5. The van der Waals surface area contributed by atoms with E-state index in [0.717, 1.165) is 44.9 Å². The highest BCUT2D eigenvalue weighted by Gasteiger charge is 2.18. The smallest absolute Gasteiger partial charge is 0.411 e. The minimum absolute atomic E-state index is 0.342. The van der Waals surface area contributed by atoms with Crippen LogP contribution in [0.5, 0.6) is 23.0 Å². The summed E-state index contributed by atoms with van der Waals surface area (Å²) in [4.78, 5) is 16.9. The average Bonchev–Trinajstić information content (AvgIpc) is 2.86. The lowest BCUT2D eigenvalue weighted by Gasteiger charge is -2.36. The van der Waals surface area contributed by atoms with Crippen molar-refractivity contribution in [3.63, 3.8) is 0 Å². The molecule has 1 aliphatic heterocycles. The molecule has 0 atom stereocenters. The zero-order chi connectivity index (χ0) is 23.6. The Morgan fingerprint density at radius 3 is 2.06 bits per heavy atom. The zero-order valence-electron chi connectivity index (χ0n) is 19.8. The van der Waals surface area contributed by atoms with Gasteiger partial charge in [-0.05, 0) is 30.7 Å². The topological polar surface area (TPSA) is 81.7 Å². The van der Waals surface area contributed by atoms with Crippen molar-refractivity contribution >= 4 is 17.5 Å². The second-order valence-electron chi connectivity index (χ2n) is 7.56. The number of anilines is 2. The van der Waals surface area contributed by atoms with Gasteiger partial charge in [-0.1, -0.05) is 0 Å². The molecule has 0 bridgehead atoms. The van der Waals surface area contributed by atoms with Crippen LogP contribution in [0.1, 0.15) is 6.42 Å². The second kappa shape index (κ2) is 12.1. The average molecular weight is 460 g/mol. The number of hydrogen-bond acceptors (Lipinski definition) is 8. The molecule has 2 aromatic rings. The van der Waals surface area contributed by atoms with E-state index in [1.165, 1.54) is 27.0 Å². The van der Waals surface area contributed by atoms with Gasteiger partial charge in [0.1, 0.15) is 5.75 Å². The zero-order valence-corrected chi connectivity index (χ0v) is 19.8. The first-order valence-corrected chi connectivity index (χ1v) is 10.9. The molecule has 1 heterocycles. The Morgan fingerprint density at radius 2 is 1.52 bits per heavy atom. The van der Waals surface area contributed by atoms with Crippen molar-refractivity contribution in [1.29, 1.82) is 0 Å². The molecule has 0 spiro atoms. The van der Waals surface area contributed by atoms with Gasteiger partial charge in [0.05, 0.1) is 40.7 Å². The van der Waals surface area contributed by atoms with E-state index in [0.29, 0.717) is 29.5 Å². The van der Waals surface area contributed by atoms with Crippen LogP contribution >= 0.6 is 0 Å². The first-order valence-electron chi connectivity index (χ1n) is 10.9. The maximum Gasteiger partial charge on any atom is 0.411 e. The van der Waals surface area contributed by atoms with E-state index in [2.05, 4.69) is 27.2 Å².